The molecule has 1 aromatic rings. The highest BCUT2D eigenvalue weighted by Gasteiger charge is 2.25. The Morgan fingerprint density at radius 1 is 1.41 bits per heavy atom. The van der Waals surface area contributed by atoms with Gasteiger partial charge in [0.1, 0.15) is 11.0 Å². The van der Waals surface area contributed by atoms with Crippen LogP contribution in [-0.2, 0) is 20.4 Å². The Morgan fingerprint density at radius 3 is 2.53 bits per heavy atom. The minimum absolute atomic E-state index is 0.280. The molecule has 5 heteroatoms. The van der Waals surface area contributed by atoms with Crippen molar-refractivity contribution in [1.82, 2.24) is 0 Å². The first kappa shape index (κ1) is 13.4. The summed E-state index contributed by atoms with van der Waals surface area (Å²) in [7, 11) is -3.55. The second-order valence-electron chi connectivity index (χ2n) is 3.83. The zero-order chi connectivity index (χ0) is 13.1. The van der Waals surface area contributed by atoms with E-state index < -0.39 is 15.1 Å². The first-order valence-electron chi connectivity index (χ1n) is 5.08. The summed E-state index contributed by atoms with van der Waals surface area (Å²) in [5.74, 6) is -0.670. The molecule has 17 heavy (non-hydrogen) atoms. The van der Waals surface area contributed by atoms with Crippen molar-refractivity contribution in [3.63, 3.8) is 0 Å². The number of ketones is 1. The topological polar surface area (TPSA) is 75.0 Å². The van der Waals surface area contributed by atoms with Crippen LogP contribution in [0.15, 0.2) is 24.3 Å². The summed E-state index contributed by atoms with van der Waals surface area (Å²) < 4.78 is 23.8. The fraction of sp³-hybridized carbons (Fsp3) is 0.333. The van der Waals surface area contributed by atoms with Gasteiger partial charge in [-0.25, -0.2) is 8.42 Å². The van der Waals surface area contributed by atoms with E-state index in [1.165, 1.54) is 13.8 Å². The summed E-state index contributed by atoms with van der Waals surface area (Å²) in [5.41, 5.74) is 0.759. The minimum Gasteiger partial charge on any atom is -0.299 e. The van der Waals surface area contributed by atoms with Crippen LogP contribution in [0.1, 0.15) is 25.0 Å². The lowest BCUT2D eigenvalue weighted by atomic mass is 10.1. The summed E-state index contributed by atoms with van der Waals surface area (Å²) in [6.07, 6.45) is 0. The lowest BCUT2D eigenvalue weighted by Crippen LogP contribution is -2.26. The van der Waals surface area contributed by atoms with Crippen molar-refractivity contribution in [2.45, 2.75) is 24.9 Å². The van der Waals surface area contributed by atoms with Crippen molar-refractivity contribution in [1.29, 1.82) is 5.26 Å². The molecule has 0 radical (unpaired) electrons. The molecule has 1 unspecified atom stereocenters. The maximum atomic E-state index is 11.9. The van der Waals surface area contributed by atoms with E-state index in [4.69, 9.17) is 5.26 Å². The number of hydrogen-bond acceptors (Lipinski definition) is 4. The van der Waals surface area contributed by atoms with Crippen molar-refractivity contribution in [3.8, 4) is 6.07 Å². The molecule has 0 N–H and O–H groups in total. The molecule has 0 aliphatic heterocycles. The number of carbonyl (C=O) groups is 1. The number of nitrogens with zero attached hydrogens (tertiary/aromatic N) is 1. The Morgan fingerprint density at radius 2 is 2.00 bits per heavy atom. The molecule has 0 amide bonds. The van der Waals surface area contributed by atoms with Gasteiger partial charge in [0.05, 0.1) is 17.4 Å². The smallest absolute Gasteiger partial charge is 0.164 e. The molecule has 1 rings (SSSR count). The van der Waals surface area contributed by atoms with Gasteiger partial charge in [0.25, 0.3) is 0 Å². The van der Waals surface area contributed by atoms with Crippen LogP contribution in [0, 0.1) is 11.3 Å². The minimum atomic E-state index is -3.55. The number of carbonyl (C=O) groups excluding carboxylic acids is 1. The van der Waals surface area contributed by atoms with E-state index in [0.29, 0.717) is 11.1 Å². The molecule has 4 nitrogen and oxygen atoms in total. The van der Waals surface area contributed by atoms with Crippen molar-refractivity contribution in [2.24, 2.45) is 0 Å². The molecule has 0 bridgehead atoms. The molecular weight excluding hydrogens is 238 g/mol. The Kier molecular flexibility index (Phi) is 4.02. The van der Waals surface area contributed by atoms with Crippen LogP contribution >= 0.6 is 0 Å². The van der Waals surface area contributed by atoms with Gasteiger partial charge < -0.3 is 0 Å². The number of benzene rings is 1. The number of sulfone groups is 1. The molecule has 90 valence electrons. The van der Waals surface area contributed by atoms with Crippen molar-refractivity contribution in [3.05, 3.63) is 35.4 Å². The van der Waals surface area contributed by atoms with Crippen LogP contribution in [0.3, 0.4) is 0 Å². The predicted octanol–water partition coefficient (Wildman–Crippen LogP) is 1.45. The third-order valence-corrected chi connectivity index (χ3v) is 4.73. The molecule has 0 aliphatic carbocycles. The van der Waals surface area contributed by atoms with E-state index in [2.05, 4.69) is 0 Å². The van der Waals surface area contributed by atoms with Crippen LogP contribution in [0.2, 0.25) is 0 Å². The van der Waals surface area contributed by atoms with Gasteiger partial charge in [0.2, 0.25) is 0 Å². The van der Waals surface area contributed by atoms with Crippen molar-refractivity contribution < 1.29 is 13.2 Å². The monoisotopic (exact) mass is 251 g/mol. The highest BCUT2D eigenvalue weighted by atomic mass is 32.2. The van der Waals surface area contributed by atoms with Gasteiger partial charge >= 0.3 is 0 Å². The quantitative estimate of drug-likeness (QED) is 0.811. The van der Waals surface area contributed by atoms with Gasteiger partial charge in [-0.05, 0) is 25.5 Å². The van der Waals surface area contributed by atoms with E-state index in [-0.39, 0.29) is 11.5 Å². The van der Waals surface area contributed by atoms with E-state index in [9.17, 15) is 13.2 Å². The summed E-state index contributed by atoms with van der Waals surface area (Å²) in [6.45, 7) is 2.62. The lowest BCUT2D eigenvalue weighted by molar-refractivity contribution is -0.116. The zero-order valence-corrected chi connectivity index (χ0v) is 10.5. The second-order valence-corrected chi connectivity index (χ2v) is 6.15. The fourth-order valence-corrected chi connectivity index (χ4v) is 2.79. The van der Waals surface area contributed by atoms with E-state index in [0.717, 1.165) is 0 Å². The van der Waals surface area contributed by atoms with E-state index in [1.807, 2.05) is 6.07 Å². The maximum Gasteiger partial charge on any atom is 0.164 e. The molecule has 0 aromatic heterocycles. The maximum absolute atomic E-state index is 11.9. The molecule has 0 aliphatic rings. The molecule has 1 atom stereocenters. The fourth-order valence-electron chi connectivity index (χ4n) is 1.35. The zero-order valence-electron chi connectivity index (χ0n) is 9.67. The second kappa shape index (κ2) is 5.11. The Bertz CT molecular complexity index is 570. The Labute approximate surface area is 101 Å². The van der Waals surface area contributed by atoms with Crippen LogP contribution < -0.4 is 0 Å². The number of Topliss-reactive ketones (excluding diaryl/α,β-unsaturated/α-hetero) is 1. The van der Waals surface area contributed by atoms with Crippen LogP contribution in [0.4, 0.5) is 0 Å². The first-order valence-corrected chi connectivity index (χ1v) is 6.80. The van der Waals surface area contributed by atoms with Gasteiger partial charge in [0, 0.05) is 0 Å². The average molecular weight is 251 g/mol. The summed E-state index contributed by atoms with van der Waals surface area (Å²) in [4.78, 5) is 11.1. The summed E-state index contributed by atoms with van der Waals surface area (Å²) in [6, 6.07) is 8.42. The van der Waals surface area contributed by atoms with Gasteiger partial charge in [-0.1, -0.05) is 18.2 Å². The average Bonchev–Trinajstić information content (AvgIpc) is 2.28. The number of nitriles is 1. The molecular formula is C12H13NO3S. The van der Waals surface area contributed by atoms with Crippen molar-refractivity contribution in [2.75, 3.05) is 0 Å². The molecule has 0 spiro atoms. The first-order chi connectivity index (χ1) is 7.88. The van der Waals surface area contributed by atoms with Gasteiger partial charge in [-0.15, -0.1) is 0 Å². The highest BCUT2D eigenvalue weighted by Crippen LogP contribution is 2.15. The third kappa shape index (κ3) is 3.14. The van der Waals surface area contributed by atoms with Crippen LogP contribution in [0.25, 0.3) is 0 Å². The Hall–Kier alpha value is -1.67. The van der Waals surface area contributed by atoms with E-state index in [1.54, 1.807) is 24.3 Å². The van der Waals surface area contributed by atoms with E-state index >= 15 is 0 Å². The Balaban J connectivity index is 3.07. The SMILES string of the molecule is CC(=O)C(C)S(=O)(=O)Cc1ccccc1C#N. The number of rotatable bonds is 4. The van der Waals surface area contributed by atoms with Gasteiger partial charge in [-0.2, -0.15) is 5.26 Å². The predicted molar refractivity (Wildman–Crippen MR) is 63.9 cm³/mol. The normalized spacial score (nSPS) is 12.8. The highest BCUT2D eigenvalue weighted by molar-refractivity contribution is 7.92. The summed E-state index contributed by atoms with van der Waals surface area (Å²) >= 11 is 0. The largest absolute Gasteiger partial charge is 0.299 e. The third-order valence-electron chi connectivity index (χ3n) is 2.61. The summed E-state index contributed by atoms with van der Waals surface area (Å²) in [5, 5.41) is 7.82. The van der Waals surface area contributed by atoms with Gasteiger partial charge in [0.15, 0.2) is 9.84 Å². The van der Waals surface area contributed by atoms with Crippen molar-refractivity contribution >= 4 is 15.6 Å². The molecule has 0 saturated heterocycles. The standard InChI is InChI=1S/C12H13NO3S/c1-9(14)10(2)17(15,16)8-12-6-4-3-5-11(12)7-13/h3-6,10H,8H2,1-2H3. The molecule has 0 heterocycles. The molecule has 1 aromatic carbocycles. The number of hydrogen-bond donors (Lipinski definition) is 0. The molecule has 0 saturated carbocycles. The van der Waals surface area contributed by atoms with Crippen LogP contribution in [0.5, 0.6) is 0 Å². The lowest BCUT2D eigenvalue weighted by Gasteiger charge is -2.10. The molecule has 0 fully saturated rings. The van der Waals surface area contributed by atoms with Crippen LogP contribution in [-0.4, -0.2) is 19.5 Å². The van der Waals surface area contributed by atoms with Gasteiger partial charge in [-0.3, -0.25) is 4.79 Å².